The summed E-state index contributed by atoms with van der Waals surface area (Å²) in [5.41, 5.74) is 5.16. The number of carbonyl (C=O) groups is 3. The molecular weight excluding hydrogens is 447 g/mol. The van der Waals surface area contributed by atoms with Crippen LogP contribution in [0.25, 0.3) is 0 Å². The number of allylic oxidation sites excluding steroid dienone is 1. The maximum Gasteiger partial charge on any atom is 0.475 e. The monoisotopic (exact) mass is 476 g/mol. The number of esters is 1. The van der Waals surface area contributed by atoms with Crippen molar-refractivity contribution in [3.63, 3.8) is 0 Å². The molecule has 0 spiro atoms. The molecule has 12 nitrogen and oxygen atoms in total. The van der Waals surface area contributed by atoms with Crippen LogP contribution in [0.15, 0.2) is 12.3 Å². The highest BCUT2D eigenvalue weighted by atomic mass is 31.2. The first kappa shape index (κ1) is 25.0. The molecule has 3 rings (SSSR count). The molecule has 1 amide bonds. The molecule has 3 aliphatic heterocycles. The predicted molar refractivity (Wildman–Crippen MR) is 108 cm³/mol. The summed E-state index contributed by atoms with van der Waals surface area (Å²) in [5, 5.41) is 0. The smallest absolute Gasteiger partial charge is 0.461 e. The number of phosphoric ester groups is 1. The van der Waals surface area contributed by atoms with Crippen LogP contribution in [0, 0.1) is 0 Å². The lowest BCUT2D eigenvalue weighted by molar-refractivity contribution is -0.160. The number of hydrogen-bond donors (Lipinski definition) is 1. The van der Waals surface area contributed by atoms with E-state index in [1.54, 1.807) is 20.8 Å². The topological polar surface area (TPSA) is 153 Å². The number of fused-ring (bicyclic) bond motifs is 1. The Hall–Kier alpha value is -1.66. The number of carbonyl (C=O) groups excluding carboxylic acids is 3. The first-order valence-electron chi connectivity index (χ1n) is 10.2. The van der Waals surface area contributed by atoms with Gasteiger partial charge in [-0.05, 0) is 26.8 Å². The molecule has 0 aromatic carbocycles. The second-order valence-electron chi connectivity index (χ2n) is 8.25. The fourth-order valence-corrected chi connectivity index (χ4v) is 5.16. The Morgan fingerprint density at radius 3 is 2.75 bits per heavy atom. The first-order chi connectivity index (χ1) is 15.0. The lowest BCUT2D eigenvalue weighted by atomic mass is 9.92. The lowest BCUT2D eigenvalue weighted by Crippen LogP contribution is -2.60. The molecule has 6 atom stereocenters. The van der Waals surface area contributed by atoms with Crippen LogP contribution in [-0.4, -0.2) is 79.1 Å². The maximum atomic E-state index is 13.0. The molecule has 2 N–H and O–H groups in total. The van der Waals surface area contributed by atoms with Crippen molar-refractivity contribution in [2.45, 2.75) is 69.8 Å². The Morgan fingerprint density at radius 1 is 1.41 bits per heavy atom. The SMILES string of the molecule is CO[C@H](CCO[P@]1(=O)OC[C@H]2O[C@@H](N3C=CC(=O)CC3=O)[C@](C)(N)[C@@H]2O1)C(=O)OC(C)C. The standard InChI is InChI=1S/C19H29N2O10P/c1-11(2)29-17(24)13(26-4)6-8-27-32(25)28-10-14-16(31-32)19(3,20)18(30-14)21-7-5-12(22)9-15(21)23/h5,7,11,13-14,16,18H,6,8-10,20H2,1-4H3/t13-,14-,16-,18-,19-,32-/m1/s1. The molecule has 3 aliphatic rings. The van der Waals surface area contributed by atoms with E-state index in [0.717, 1.165) is 0 Å². The number of hydrogen-bond acceptors (Lipinski definition) is 11. The highest BCUT2D eigenvalue weighted by Crippen LogP contribution is 2.57. The summed E-state index contributed by atoms with van der Waals surface area (Å²) < 4.78 is 45.3. The average molecular weight is 476 g/mol. The number of rotatable bonds is 8. The Morgan fingerprint density at radius 2 is 2.12 bits per heavy atom. The molecule has 3 heterocycles. The summed E-state index contributed by atoms with van der Waals surface area (Å²) in [7, 11) is -2.67. The largest absolute Gasteiger partial charge is 0.475 e. The summed E-state index contributed by atoms with van der Waals surface area (Å²) >= 11 is 0. The average Bonchev–Trinajstić information content (AvgIpc) is 2.95. The van der Waals surface area contributed by atoms with Crippen LogP contribution in [-0.2, 0) is 46.7 Å². The second kappa shape index (κ2) is 9.68. The Bertz CT molecular complexity index is 829. The van der Waals surface area contributed by atoms with Gasteiger partial charge in [-0.15, -0.1) is 0 Å². The van der Waals surface area contributed by atoms with Crippen LogP contribution >= 0.6 is 7.82 Å². The zero-order valence-electron chi connectivity index (χ0n) is 18.4. The molecule has 0 radical (unpaired) electrons. The maximum absolute atomic E-state index is 13.0. The minimum absolute atomic E-state index is 0.0625. The predicted octanol–water partition coefficient (Wildman–Crippen LogP) is 0.641. The third kappa shape index (κ3) is 5.28. The van der Waals surface area contributed by atoms with E-state index in [1.165, 1.54) is 24.3 Å². The van der Waals surface area contributed by atoms with Crippen LogP contribution in [0.4, 0.5) is 0 Å². The van der Waals surface area contributed by atoms with Gasteiger partial charge in [-0.2, -0.15) is 0 Å². The molecule has 13 heteroatoms. The van der Waals surface area contributed by atoms with Gasteiger partial charge in [0.05, 0.1) is 31.3 Å². The molecule has 0 aliphatic carbocycles. The molecule has 32 heavy (non-hydrogen) atoms. The fourth-order valence-electron chi connectivity index (χ4n) is 3.67. The molecule has 0 unspecified atom stereocenters. The molecule has 2 fully saturated rings. The van der Waals surface area contributed by atoms with Gasteiger partial charge in [-0.3, -0.25) is 28.1 Å². The van der Waals surface area contributed by atoms with Gasteiger partial charge < -0.3 is 19.9 Å². The zero-order valence-corrected chi connectivity index (χ0v) is 19.3. The van der Waals surface area contributed by atoms with Crippen LogP contribution < -0.4 is 5.73 Å². The fraction of sp³-hybridized carbons (Fsp3) is 0.737. The van der Waals surface area contributed by atoms with Crippen molar-refractivity contribution in [3.8, 4) is 0 Å². The minimum atomic E-state index is -4.02. The van der Waals surface area contributed by atoms with Crippen molar-refractivity contribution in [2.75, 3.05) is 20.3 Å². The molecule has 180 valence electrons. The van der Waals surface area contributed by atoms with Crippen molar-refractivity contribution in [1.29, 1.82) is 0 Å². The zero-order chi connectivity index (χ0) is 23.7. The molecule has 0 aromatic rings. The van der Waals surface area contributed by atoms with Crippen LogP contribution in [0.2, 0.25) is 0 Å². The van der Waals surface area contributed by atoms with Gasteiger partial charge in [0, 0.05) is 19.7 Å². The number of phosphoric acid groups is 1. The van der Waals surface area contributed by atoms with Gasteiger partial charge in [-0.1, -0.05) is 0 Å². The Balaban J connectivity index is 1.62. The van der Waals surface area contributed by atoms with Crippen molar-refractivity contribution >= 4 is 25.5 Å². The van der Waals surface area contributed by atoms with E-state index < -0.39 is 49.8 Å². The lowest BCUT2D eigenvalue weighted by Gasteiger charge is -2.38. The van der Waals surface area contributed by atoms with Gasteiger partial charge in [0.2, 0.25) is 5.91 Å². The van der Waals surface area contributed by atoms with Gasteiger partial charge in [0.1, 0.15) is 12.2 Å². The molecule has 2 saturated heterocycles. The summed E-state index contributed by atoms with van der Waals surface area (Å²) in [5.74, 6) is -1.34. The molecule has 0 aromatic heterocycles. The van der Waals surface area contributed by atoms with Gasteiger partial charge in [0.15, 0.2) is 18.1 Å². The first-order valence-corrected chi connectivity index (χ1v) is 11.7. The minimum Gasteiger partial charge on any atom is -0.461 e. The molecular formula is C19H29N2O10P. The number of ketones is 1. The third-order valence-electron chi connectivity index (χ3n) is 5.24. The second-order valence-corrected chi connectivity index (χ2v) is 9.88. The normalized spacial score (nSPS) is 35.8. The summed E-state index contributed by atoms with van der Waals surface area (Å²) in [6.45, 7) is 4.72. The van der Waals surface area contributed by atoms with Crippen molar-refractivity contribution in [1.82, 2.24) is 4.90 Å². The number of amides is 1. The van der Waals surface area contributed by atoms with Crippen molar-refractivity contribution < 1.29 is 46.7 Å². The van der Waals surface area contributed by atoms with Gasteiger partial charge >= 0.3 is 13.8 Å². The van der Waals surface area contributed by atoms with E-state index in [0.29, 0.717) is 0 Å². The van der Waals surface area contributed by atoms with Crippen molar-refractivity contribution in [2.24, 2.45) is 5.73 Å². The molecule has 0 saturated carbocycles. The summed E-state index contributed by atoms with van der Waals surface area (Å²) in [6.07, 6.45) is -1.41. The highest BCUT2D eigenvalue weighted by Gasteiger charge is 2.60. The molecule has 0 bridgehead atoms. The Kier molecular flexibility index (Phi) is 7.55. The van der Waals surface area contributed by atoms with Crippen molar-refractivity contribution in [3.05, 3.63) is 12.3 Å². The van der Waals surface area contributed by atoms with E-state index in [4.69, 9.17) is 33.5 Å². The van der Waals surface area contributed by atoms with Crippen LogP contribution in [0.5, 0.6) is 0 Å². The highest BCUT2D eigenvalue weighted by molar-refractivity contribution is 7.48. The third-order valence-corrected chi connectivity index (χ3v) is 6.69. The van der Waals surface area contributed by atoms with E-state index in [1.807, 2.05) is 0 Å². The summed E-state index contributed by atoms with van der Waals surface area (Å²) in [6, 6.07) is 0. The van der Waals surface area contributed by atoms with E-state index in [9.17, 15) is 18.9 Å². The van der Waals surface area contributed by atoms with Crippen LogP contribution in [0.1, 0.15) is 33.6 Å². The Labute approximate surface area is 185 Å². The number of nitrogens with zero attached hydrogens (tertiary/aromatic N) is 1. The number of ether oxygens (including phenoxy) is 3. The number of methoxy groups -OCH3 is 1. The van der Waals surface area contributed by atoms with E-state index >= 15 is 0 Å². The van der Waals surface area contributed by atoms with E-state index in [2.05, 4.69) is 0 Å². The van der Waals surface area contributed by atoms with Crippen LogP contribution in [0.3, 0.4) is 0 Å². The number of nitrogens with two attached hydrogens (primary N) is 1. The quantitative estimate of drug-likeness (QED) is 0.298. The van der Waals surface area contributed by atoms with Gasteiger partial charge in [-0.25, -0.2) is 9.36 Å². The van der Waals surface area contributed by atoms with E-state index in [-0.39, 0.29) is 37.9 Å². The van der Waals surface area contributed by atoms with Gasteiger partial charge in [0.25, 0.3) is 0 Å². The summed E-state index contributed by atoms with van der Waals surface area (Å²) in [4.78, 5) is 37.0.